The van der Waals surface area contributed by atoms with Crippen LogP contribution in [-0.2, 0) is 17.5 Å². The Kier molecular flexibility index (Phi) is 5.43. The van der Waals surface area contributed by atoms with Gasteiger partial charge in [-0.3, -0.25) is 9.79 Å². The summed E-state index contributed by atoms with van der Waals surface area (Å²) in [6.45, 7) is 1.56. The number of imidazole rings is 1. The van der Waals surface area contributed by atoms with E-state index < -0.39 is 23.7 Å². The predicted molar refractivity (Wildman–Crippen MR) is 107 cm³/mol. The van der Waals surface area contributed by atoms with Gasteiger partial charge in [0, 0.05) is 12.5 Å². The third kappa shape index (κ3) is 4.70. The highest BCUT2D eigenvalue weighted by Gasteiger charge is 2.41. The van der Waals surface area contributed by atoms with Gasteiger partial charge in [-0.25, -0.2) is 4.98 Å². The van der Waals surface area contributed by atoms with Crippen LogP contribution in [0.1, 0.15) is 36.2 Å². The van der Waals surface area contributed by atoms with Crippen LogP contribution >= 0.6 is 0 Å². The molecule has 6 nitrogen and oxygen atoms in total. The van der Waals surface area contributed by atoms with Crippen molar-refractivity contribution < 1.29 is 23.1 Å². The molecule has 0 radical (unpaired) electrons. The van der Waals surface area contributed by atoms with Gasteiger partial charge in [-0.2, -0.15) is 13.2 Å². The number of hydrogen-bond donors (Lipinski definition) is 2. The van der Waals surface area contributed by atoms with E-state index >= 15 is 0 Å². The number of aromatic nitrogens is 2. The molecule has 1 aliphatic rings. The van der Waals surface area contributed by atoms with Crippen LogP contribution in [0.15, 0.2) is 53.5 Å². The van der Waals surface area contributed by atoms with Crippen LogP contribution in [0.5, 0.6) is 0 Å². The zero-order chi connectivity index (χ0) is 22.2. The summed E-state index contributed by atoms with van der Waals surface area (Å²) in [6, 6.07) is 11.2. The van der Waals surface area contributed by atoms with Crippen molar-refractivity contribution in [2.75, 3.05) is 0 Å². The van der Waals surface area contributed by atoms with Gasteiger partial charge < -0.3 is 15.4 Å². The minimum absolute atomic E-state index is 0.0361. The van der Waals surface area contributed by atoms with Gasteiger partial charge in [0.2, 0.25) is 5.91 Å². The summed E-state index contributed by atoms with van der Waals surface area (Å²) in [4.78, 5) is 23.9. The molecule has 3 atom stereocenters. The van der Waals surface area contributed by atoms with Gasteiger partial charge in [-0.15, -0.1) is 0 Å². The van der Waals surface area contributed by atoms with Crippen LogP contribution in [0.4, 0.5) is 13.2 Å². The van der Waals surface area contributed by atoms with E-state index in [1.807, 2.05) is 24.3 Å². The molecular weight excluding hydrogens is 409 g/mol. The van der Waals surface area contributed by atoms with E-state index in [4.69, 9.17) is 0 Å². The first-order valence-electron chi connectivity index (χ1n) is 9.85. The summed E-state index contributed by atoms with van der Waals surface area (Å²) in [5, 5.41) is 15.0. The first-order valence-corrected chi connectivity index (χ1v) is 9.85. The largest absolute Gasteiger partial charge is 0.862 e. The number of rotatable bonds is 6. The summed E-state index contributed by atoms with van der Waals surface area (Å²) in [6.07, 6.45) is -3.78. The number of halogens is 3. The van der Waals surface area contributed by atoms with Crippen molar-refractivity contribution in [3.05, 3.63) is 65.5 Å². The molecule has 0 bridgehead atoms. The summed E-state index contributed by atoms with van der Waals surface area (Å²) in [5.41, 5.74) is 1.51. The number of hydrogen-bond acceptors (Lipinski definition) is 4. The monoisotopic (exact) mass is 429 g/mol. The molecule has 2 N–H and O–H groups in total. The Morgan fingerprint density at radius 1 is 1.26 bits per heavy atom. The first-order chi connectivity index (χ1) is 14.7. The number of carbonyl (C=O) groups is 1. The van der Waals surface area contributed by atoms with Gasteiger partial charge in [-0.05, 0) is 55.0 Å². The maximum absolute atomic E-state index is 12.6. The molecular formula is C22H20F3N4O2-. The van der Waals surface area contributed by atoms with Crippen LogP contribution in [0.2, 0.25) is 0 Å². The van der Waals surface area contributed by atoms with Crippen molar-refractivity contribution in [1.29, 1.82) is 0 Å². The number of aromatic amines is 1. The Labute approximate surface area is 176 Å². The molecule has 162 valence electrons. The SMILES string of the molecule is CC(N=C([O-])C1CC1c1nc2ccccc2[nH]1)C(=O)NCc1ccc(C(F)(F)F)cc1. The van der Waals surface area contributed by atoms with E-state index in [1.165, 1.54) is 19.1 Å². The normalized spacial score (nSPS) is 19.9. The van der Waals surface area contributed by atoms with Crippen LogP contribution in [0.25, 0.3) is 11.0 Å². The molecule has 1 amide bonds. The average Bonchev–Trinajstić information content (AvgIpc) is 3.43. The molecule has 3 aromatic rings. The second-order valence-corrected chi connectivity index (χ2v) is 7.64. The fourth-order valence-corrected chi connectivity index (χ4v) is 3.41. The smallest absolute Gasteiger partial charge is 0.416 e. The van der Waals surface area contributed by atoms with Crippen molar-refractivity contribution in [3.63, 3.8) is 0 Å². The minimum atomic E-state index is -4.40. The highest BCUT2D eigenvalue weighted by atomic mass is 19.4. The quantitative estimate of drug-likeness (QED) is 0.466. The molecule has 1 heterocycles. The fourth-order valence-electron chi connectivity index (χ4n) is 3.41. The minimum Gasteiger partial charge on any atom is -0.862 e. The summed E-state index contributed by atoms with van der Waals surface area (Å²) in [7, 11) is 0. The lowest BCUT2D eigenvalue weighted by Crippen LogP contribution is -2.34. The topological polar surface area (TPSA) is 93.2 Å². The van der Waals surface area contributed by atoms with Gasteiger partial charge >= 0.3 is 6.18 Å². The number of alkyl halides is 3. The van der Waals surface area contributed by atoms with Crippen molar-refractivity contribution >= 4 is 22.8 Å². The Bertz CT molecular complexity index is 1090. The number of nitrogens with zero attached hydrogens (tertiary/aromatic N) is 2. The van der Waals surface area contributed by atoms with E-state index in [0.717, 1.165) is 29.0 Å². The molecule has 1 aliphatic carbocycles. The Hall–Kier alpha value is -3.36. The third-order valence-electron chi connectivity index (χ3n) is 5.31. The molecule has 0 aliphatic heterocycles. The number of amides is 1. The molecule has 31 heavy (non-hydrogen) atoms. The lowest BCUT2D eigenvalue weighted by Gasteiger charge is -2.15. The van der Waals surface area contributed by atoms with Crippen LogP contribution < -0.4 is 10.4 Å². The first kappa shape index (κ1) is 20.9. The van der Waals surface area contributed by atoms with Gasteiger partial charge in [0.25, 0.3) is 0 Å². The molecule has 4 rings (SSSR count). The summed E-state index contributed by atoms with van der Waals surface area (Å²) in [5.74, 6) is -0.400. The maximum atomic E-state index is 12.6. The van der Waals surface area contributed by atoms with E-state index in [-0.39, 0.29) is 24.3 Å². The number of carbonyl (C=O) groups excluding carboxylic acids is 1. The van der Waals surface area contributed by atoms with Crippen molar-refractivity contribution in [3.8, 4) is 0 Å². The Morgan fingerprint density at radius 2 is 1.97 bits per heavy atom. The zero-order valence-electron chi connectivity index (χ0n) is 16.6. The molecule has 3 unspecified atom stereocenters. The van der Waals surface area contributed by atoms with Gasteiger partial charge in [0.05, 0.1) is 16.6 Å². The van der Waals surface area contributed by atoms with Crippen molar-refractivity contribution in [2.24, 2.45) is 10.9 Å². The van der Waals surface area contributed by atoms with E-state index in [9.17, 15) is 23.1 Å². The van der Waals surface area contributed by atoms with Crippen LogP contribution in [-0.4, -0.2) is 27.8 Å². The lowest BCUT2D eigenvalue weighted by atomic mass is 10.1. The molecule has 2 aromatic carbocycles. The highest BCUT2D eigenvalue weighted by Crippen LogP contribution is 2.46. The highest BCUT2D eigenvalue weighted by molar-refractivity contribution is 5.86. The van der Waals surface area contributed by atoms with E-state index in [2.05, 4.69) is 20.3 Å². The number of nitrogens with one attached hydrogen (secondary N) is 2. The molecule has 0 spiro atoms. The summed E-state index contributed by atoms with van der Waals surface area (Å²) < 4.78 is 37.8. The number of fused-ring (bicyclic) bond motifs is 1. The molecule has 0 saturated heterocycles. The van der Waals surface area contributed by atoms with E-state index in [1.54, 1.807) is 0 Å². The van der Waals surface area contributed by atoms with Crippen LogP contribution in [0.3, 0.4) is 0 Å². The van der Waals surface area contributed by atoms with Gasteiger partial charge in [0.15, 0.2) is 0 Å². The Morgan fingerprint density at radius 3 is 2.65 bits per heavy atom. The number of aliphatic imine (C=N–C) groups is 1. The van der Waals surface area contributed by atoms with Gasteiger partial charge in [0.1, 0.15) is 11.9 Å². The van der Waals surface area contributed by atoms with Gasteiger partial charge in [-0.1, -0.05) is 24.3 Å². The molecule has 9 heteroatoms. The average molecular weight is 429 g/mol. The number of H-pyrrole nitrogens is 1. The van der Waals surface area contributed by atoms with Crippen molar-refractivity contribution in [2.45, 2.75) is 38.0 Å². The molecule has 1 fully saturated rings. The lowest BCUT2D eigenvalue weighted by molar-refractivity contribution is -0.221. The molecule has 1 saturated carbocycles. The summed E-state index contributed by atoms with van der Waals surface area (Å²) >= 11 is 0. The predicted octanol–water partition coefficient (Wildman–Crippen LogP) is 3.15. The third-order valence-corrected chi connectivity index (χ3v) is 5.31. The number of benzene rings is 2. The van der Waals surface area contributed by atoms with E-state index in [0.29, 0.717) is 12.0 Å². The van der Waals surface area contributed by atoms with Crippen LogP contribution in [0, 0.1) is 5.92 Å². The fraction of sp³-hybridized carbons (Fsp3) is 0.318. The zero-order valence-corrected chi connectivity index (χ0v) is 16.6. The standard InChI is InChI=1S/C22H21F3N4O2/c1-12(20(30)26-11-13-6-8-14(9-7-13)22(23,24)25)27-21(31)16-10-15(16)19-28-17-4-2-3-5-18(17)29-19/h2-9,12,15-16H,10-11H2,1H3,(H,26,30)(H,27,31)(H,28,29)/p-1. The second kappa shape index (κ2) is 8.05. The maximum Gasteiger partial charge on any atom is 0.416 e. The second-order valence-electron chi connectivity index (χ2n) is 7.64. The Balaban J connectivity index is 1.31. The molecule has 1 aromatic heterocycles. The number of para-hydroxylation sites is 2. The van der Waals surface area contributed by atoms with Crippen molar-refractivity contribution in [1.82, 2.24) is 15.3 Å².